The van der Waals surface area contributed by atoms with E-state index in [1.807, 2.05) is 0 Å². The van der Waals surface area contributed by atoms with Gasteiger partial charge in [-0.1, -0.05) is 0 Å². The van der Waals surface area contributed by atoms with Crippen LogP contribution in [0.3, 0.4) is 0 Å². The molecule has 1 amide bonds. The molecule has 0 radical (unpaired) electrons. The number of alkyl halides is 1. The summed E-state index contributed by atoms with van der Waals surface area (Å²) < 4.78 is 0. The lowest BCUT2D eigenvalue weighted by Gasteiger charge is -2.09. The summed E-state index contributed by atoms with van der Waals surface area (Å²) in [6, 6.07) is -0.954. The van der Waals surface area contributed by atoms with Gasteiger partial charge in [0.2, 0.25) is 5.91 Å². The maximum absolute atomic E-state index is 10.5. The van der Waals surface area contributed by atoms with Crippen LogP contribution in [-0.4, -0.2) is 34.7 Å². The fourth-order valence-electron chi connectivity index (χ4n) is 0.418. The predicted molar refractivity (Wildman–Crippen MR) is 44.1 cm³/mol. The summed E-state index contributed by atoms with van der Waals surface area (Å²) in [4.78, 5) is 20.8. The zero-order valence-corrected chi connectivity index (χ0v) is 7.23. The second kappa shape index (κ2) is 5.26. The highest BCUT2D eigenvalue weighted by atomic mass is 35.5. The summed E-state index contributed by atoms with van der Waals surface area (Å²) >= 11 is 8.86. The number of hydrogen-bond donors (Lipinski definition) is 3. The minimum atomic E-state index is -1.11. The van der Waals surface area contributed by atoms with Crippen molar-refractivity contribution in [2.24, 2.45) is 0 Å². The van der Waals surface area contributed by atoms with Crippen molar-refractivity contribution in [1.29, 1.82) is 0 Å². The van der Waals surface area contributed by atoms with Crippen molar-refractivity contribution < 1.29 is 14.7 Å². The summed E-state index contributed by atoms with van der Waals surface area (Å²) in [7, 11) is 0. The maximum Gasteiger partial charge on any atom is 0.327 e. The van der Waals surface area contributed by atoms with Gasteiger partial charge < -0.3 is 10.4 Å². The van der Waals surface area contributed by atoms with E-state index in [-0.39, 0.29) is 11.6 Å². The quantitative estimate of drug-likeness (QED) is 0.429. The van der Waals surface area contributed by atoms with E-state index < -0.39 is 17.9 Å². The second-order valence-corrected chi connectivity index (χ2v) is 2.41. The Hall–Kier alpha value is -0.420. The average Bonchev–Trinajstić information content (AvgIpc) is 1.99. The van der Waals surface area contributed by atoms with Crippen LogP contribution in [-0.2, 0) is 9.59 Å². The Bertz CT molecular complexity index is 164. The molecule has 0 fully saturated rings. The maximum atomic E-state index is 10.5. The zero-order chi connectivity index (χ0) is 8.85. The first kappa shape index (κ1) is 10.6. The van der Waals surface area contributed by atoms with Crippen LogP contribution in [0.2, 0.25) is 0 Å². The van der Waals surface area contributed by atoms with E-state index in [2.05, 4.69) is 17.9 Å². The summed E-state index contributed by atoms with van der Waals surface area (Å²) in [5, 5.41) is 10.6. The molecule has 4 nitrogen and oxygen atoms in total. The van der Waals surface area contributed by atoms with Crippen LogP contribution >= 0.6 is 24.2 Å². The Morgan fingerprint density at radius 3 is 2.45 bits per heavy atom. The molecule has 0 aromatic heterocycles. The monoisotopic (exact) mass is 197 g/mol. The lowest BCUT2D eigenvalue weighted by atomic mass is 10.3. The number of carbonyl (C=O) groups is 2. The highest BCUT2D eigenvalue weighted by Gasteiger charge is 2.16. The molecular formula is C5H8ClNO3S. The smallest absolute Gasteiger partial charge is 0.327 e. The molecule has 64 valence electrons. The number of hydrogen-bond acceptors (Lipinski definition) is 3. The first-order valence-corrected chi connectivity index (χ1v) is 3.97. The van der Waals surface area contributed by atoms with E-state index >= 15 is 0 Å². The van der Waals surface area contributed by atoms with Gasteiger partial charge in [0.25, 0.3) is 0 Å². The van der Waals surface area contributed by atoms with Crippen molar-refractivity contribution in [2.75, 3.05) is 11.6 Å². The molecule has 0 saturated carbocycles. The molecule has 0 heterocycles. The van der Waals surface area contributed by atoms with Gasteiger partial charge in [0.15, 0.2) is 0 Å². The summed E-state index contributed by atoms with van der Waals surface area (Å²) in [5.41, 5.74) is 0. The zero-order valence-electron chi connectivity index (χ0n) is 5.58. The summed E-state index contributed by atoms with van der Waals surface area (Å²) in [6.07, 6.45) is 0. The van der Waals surface area contributed by atoms with Gasteiger partial charge in [-0.15, -0.1) is 11.6 Å². The minimum absolute atomic E-state index is 0.0535. The molecular weight excluding hydrogens is 190 g/mol. The Morgan fingerprint density at radius 2 is 2.18 bits per heavy atom. The van der Waals surface area contributed by atoms with Gasteiger partial charge in [-0.2, -0.15) is 12.6 Å². The molecule has 0 aromatic rings. The second-order valence-electron chi connectivity index (χ2n) is 1.77. The largest absolute Gasteiger partial charge is 0.480 e. The molecule has 0 unspecified atom stereocenters. The predicted octanol–water partition coefficient (Wildman–Crippen LogP) is -0.276. The van der Waals surface area contributed by atoms with Gasteiger partial charge in [-0.05, 0) is 0 Å². The number of nitrogens with one attached hydrogen (secondary N) is 1. The standard InChI is InChI=1S/C5H8ClNO3S/c6-1-4(8)7-3(2-11)5(9)10/h3,11H,1-2H2,(H,7,8)(H,9,10)/t3-/m0/s1. The van der Waals surface area contributed by atoms with Crippen LogP contribution in [0.5, 0.6) is 0 Å². The SMILES string of the molecule is O=C(CCl)N[C@@H](CS)C(=O)O. The molecule has 0 aliphatic carbocycles. The summed E-state index contributed by atoms with van der Waals surface area (Å²) in [6.45, 7) is 0. The number of carbonyl (C=O) groups excluding carboxylic acids is 1. The average molecular weight is 198 g/mol. The van der Waals surface area contributed by atoms with E-state index in [1.165, 1.54) is 0 Å². The van der Waals surface area contributed by atoms with Gasteiger partial charge in [0.05, 0.1) is 0 Å². The Morgan fingerprint density at radius 1 is 1.64 bits per heavy atom. The number of rotatable bonds is 4. The molecule has 11 heavy (non-hydrogen) atoms. The van der Waals surface area contributed by atoms with E-state index in [1.54, 1.807) is 0 Å². The van der Waals surface area contributed by atoms with Gasteiger partial charge in [-0.3, -0.25) is 4.79 Å². The van der Waals surface area contributed by atoms with Crippen molar-refractivity contribution in [3.05, 3.63) is 0 Å². The highest BCUT2D eigenvalue weighted by molar-refractivity contribution is 7.80. The Balaban J connectivity index is 3.88. The number of halogens is 1. The first-order chi connectivity index (χ1) is 5.11. The molecule has 0 aromatic carbocycles. The lowest BCUT2D eigenvalue weighted by Crippen LogP contribution is -2.42. The number of thiol groups is 1. The van der Waals surface area contributed by atoms with Crippen LogP contribution in [0.4, 0.5) is 0 Å². The Kier molecular flexibility index (Phi) is 5.06. The molecule has 0 aliphatic rings. The third-order valence-electron chi connectivity index (χ3n) is 0.937. The van der Waals surface area contributed by atoms with Crippen molar-refractivity contribution in [1.82, 2.24) is 5.32 Å². The first-order valence-electron chi connectivity index (χ1n) is 2.80. The van der Waals surface area contributed by atoms with Crippen molar-refractivity contribution >= 4 is 36.1 Å². The number of carboxylic acids is 1. The van der Waals surface area contributed by atoms with Crippen molar-refractivity contribution in [2.45, 2.75) is 6.04 Å². The molecule has 6 heteroatoms. The van der Waals surface area contributed by atoms with Gasteiger partial charge in [0, 0.05) is 5.75 Å². The molecule has 0 bridgehead atoms. The molecule has 0 aliphatic heterocycles. The van der Waals surface area contributed by atoms with E-state index in [0.29, 0.717) is 0 Å². The third-order valence-corrected chi connectivity index (χ3v) is 1.55. The van der Waals surface area contributed by atoms with Crippen LogP contribution in [0.15, 0.2) is 0 Å². The Labute approximate surface area is 74.3 Å². The molecule has 0 saturated heterocycles. The molecule has 0 rings (SSSR count). The fourth-order valence-corrected chi connectivity index (χ4v) is 0.743. The molecule has 1 atom stereocenters. The van der Waals surface area contributed by atoms with Crippen LogP contribution in [0.1, 0.15) is 0 Å². The van der Waals surface area contributed by atoms with Gasteiger partial charge in [0.1, 0.15) is 11.9 Å². The van der Waals surface area contributed by atoms with Crippen LogP contribution < -0.4 is 5.32 Å². The van der Waals surface area contributed by atoms with Crippen molar-refractivity contribution in [3.63, 3.8) is 0 Å². The van der Waals surface area contributed by atoms with E-state index in [0.717, 1.165) is 0 Å². The topological polar surface area (TPSA) is 66.4 Å². The molecule has 0 spiro atoms. The fraction of sp³-hybridized carbons (Fsp3) is 0.600. The highest BCUT2D eigenvalue weighted by Crippen LogP contribution is 1.88. The van der Waals surface area contributed by atoms with Gasteiger partial charge >= 0.3 is 5.97 Å². The summed E-state index contributed by atoms with van der Waals surface area (Å²) in [5.74, 6) is -1.80. The van der Waals surface area contributed by atoms with E-state index in [9.17, 15) is 9.59 Å². The third kappa shape index (κ3) is 4.10. The number of aliphatic carboxylic acids is 1. The van der Waals surface area contributed by atoms with Crippen LogP contribution in [0.25, 0.3) is 0 Å². The minimum Gasteiger partial charge on any atom is -0.480 e. The van der Waals surface area contributed by atoms with Gasteiger partial charge in [-0.25, -0.2) is 4.79 Å². The number of amides is 1. The van der Waals surface area contributed by atoms with Crippen molar-refractivity contribution in [3.8, 4) is 0 Å². The van der Waals surface area contributed by atoms with E-state index in [4.69, 9.17) is 16.7 Å². The lowest BCUT2D eigenvalue weighted by molar-refractivity contribution is -0.140. The van der Waals surface area contributed by atoms with Crippen LogP contribution in [0, 0.1) is 0 Å². The molecule has 2 N–H and O–H groups in total. The normalized spacial score (nSPS) is 12.2. The number of carboxylic acid groups (broad SMARTS) is 1.